The maximum Gasteiger partial charge on any atom is 0.222 e. The minimum atomic E-state index is -0.00825. The predicted octanol–water partition coefficient (Wildman–Crippen LogP) is 2.14. The van der Waals surface area contributed by atoms with Gasteiger partial charge in [-0.1, -0.05) is 51.1 Å². The van der Waals surface area contributed by atoms with Gasteiger partial charge in [0.1, 0.15) is 0 Å². The van der Waals surface area contributed by atoms with Crippen molar-refractivity contribution in [2.75, 3.05) is 19.7 Å². The highest BCUT2D eigenvalue weighted by Crippen LogP contribution is 2.23. The van der Waals surface area contributed by atoms with Gasteiger partial charge in [0.15, 0.2) is 0 Å². The van der Waals surface area contributed by atoms with Gasteiger partial charge in [0.2, 0.25) is 5.91 Å². The molecule has 1 fully saturated rings. The minimum Gasteiger partial charge on any atom is -0.375 e. The molecule has 0 unspecified atom stereocenters. The number of hydrogen-bond acceptors (Lipinski definition) is 3. The Morgan fingerprint density at radius 2 is 2.09 bits per heavy atom. The largest absolute Gasteiger partial charge is 0.375 e. The summed E-state index contributed by atoms with van der Waals surface area (Å²) in [6.07, 6.45) is 1.26. The summed E-state index contributed by atoms with van der Waals surface area (Å²) in [6.45, 7) is 8.81. The summed E-state index contributed by atoms with van der Waals surface area (Å²) >= 11 is 0. The summed E-state index contributed by atoms with van der Waals surface area (Å²) < 4.78 is 5.61. The van der Waals surface area contributed by atoms with Crippen molar-refractivity contribution in [3.05, 3.63) is 35.9 Å². The van der Waals surface area contributed by atoms with Crippen molar-refractivity contribution in [2.45, 2.75) is 45.8 Å². The molecular weight excluding hydrogens is 276 g/mol. The Labute approximate surface area is 133 Å². The minimum absolute atomic E-state index is 0.00825. The third-order valence-electron chi connectivity index (χ3n) is 4.08. The molecule has 2 N–H and O–H groups in total. The molecule has 1 aliphatic rings. The molecule has 122 valence electrons. The van der Waals surface area contributed by atoms with Crippen molar-refractivity contribution < 1.29 is 9.53 Å². The third-order valence-corrected chi connectivity index (χ3v) is 4.08. The van der Waals surface area contributed by atoms with E-state index in [0.29, 0.717) is 13.0 Å². The van der Waals surface area contributed by atoms with E-state index >= 15 is 0 Å². The normalized spacial score (nSPS) is 20.4. The molecule has 1 aromatic rings. The molecule has 0 aliphatic carbocycles. The monoisotopic (exact) mass is 304 g/mol. The molecule has 4 nitrogen and oxygen atoms in total. The van der Waals surface area contributed by atoms with Crippen LogP contribution in [0.25, 0.3) is 0 Å². The average molecular weight is 304 g/mol. The summed E-state index contributed by atoms with van der Waals surface area (Å²) in [5, 5.41) is 6.46. The SMILES string of the molecule is CC(C)(C)[C@H](Cc1ccccc1)NC(=O)C[C@@H]1CNCCO1. The lowest BCUT2D eigenvalue weighted by Gasteiger charge is -2.32. The Morgan fingerprint density at radius 1 is 1.36 bits per heavy atom. The zero-order valence-corrected chi connectivity index (χ0v) is 13.9. The second-order valence-electron chi connectivity index (χ2n) is 7.08. The number of carbonyl (C=O) groups excluding carboxylic acids is 1. The highest BCUT2D eigenvalue weighted by molar-refractivity contribution is 5.77. The molecular formula is C18H28N2O2. The van der Waals surface area contributed by atoms with Crippen LogP contribution in [0.2, 0.25) is 0 Å². The highest BCUT2D eigenvalue weighted by atomic mass is 16.5. The lowest BCUT2D eigenvalue weighted by atomic mass is 9.83. The van der Waals surface area contributed by atoms with Crippen LogP contribution in [0.4, 0.5) is 0 Å². The maximum absolute atomic E-state index is 12.3. The van der Waals surface area contributed by atoms with Gasteiger partial charge in [-0.25, -0.2) is 0 Å². The Kier molecular flexibility index (Phi) is 5.98. The van der Waals surface area contributed by atoms with E-state index in [4.69, 9.17) is 4.74 Å². The van der Waals surface area contributed by atoms with E-state index in [1.807, 2.05) is 18.2 Å². The van der Waals surface area contributed by atoms with E-state index in [1.165, 1.54) is 5.56 Å². The van der Waals surface area contributed by atoms with Crippen LogP contribution in [0.5, 0.6) is 0 Å². The summed E-state index contributed by atoms with van der Waals surface area (Å²) in [7, 11) is 0. The summed E-state index contributed by atoms with van der Waals surface area (Å²) in [6, 6.07) is 10.4. The van der Waals surface area contributed by atoms with Crippen LogP contribution in [-0.2, 0) is 16.0 Å². The molecule has 0 bridgehead atoms. The van der Waals surface area contributed by atoms with Crippen LogP contribution < -0.4 is 10.6 Å². The fourth-order valence-corrected chi connectivity index (χ4v) is 2.63. The molecule has 1 aliphatic heterocycles. The summed E-state index contributed by atoms with van der Waals surface area (Å²) in [5.41, 5.74) is 1.26. The molecule has 2 atom stereocenters. The number of carbonyl (C=O) groups is 1. The van der Waals surface area contributed by atoms with Gasteiger partial charge in [0.05, 0.1) is 19.1 Å². The van der Waals surface area contributed by atoms with E-state index in [1.54, 1.807) is 0 Å². The number of benzene rings is 1. The first-order valence-corrected chi connectivity index (χ1v) is 8.11. The molecule has 1 saturated heterocycles. The van der Waals surface area contributed by atoms with Gasteiger partial charge in [0, 0.05) is 19.1 Å². The molecule has 1 aromatic carbocycles. The lowest BCUT2D eigenvalue weighted by molar-refractivity contribution is -0.125. The fraction of sp³-hybridized carbons (Fsp3) is 0.611. The number of rotatable bonds is 5. The van der Waals surface area contributed by atoms with Crippen LogP contribution in [-0.4, -0.2) is 37.7 Å². The highest BCUT2D eigenvalue weighted by Gasteiger charge is 2.27. The molecule has 1 heterocycles. The molecule has 0 aromatic heterocycles. The van der Waals surface area contributed by atoms with Crippen LogP contribution in [0.1, 0.15) is 32.8 Å². The molecule has 2 rings (SSSR count). The fourth-order valence-electron chi connectivity index (χ4n) is 2.63. The first kappa shape index (κ1) is 17.0. The number of hydrogen-bond donors (Lipinski definition) is 2. The predicted molar refractivity (Wildman–Crippen MR) is 88.8 cm³/mol. The first-order valence-electron chi connectivity index (χ1n) is 8.11. The van der Waals surface area contributed by atoms with E-state index in [9.17, 15) is 4.79 Å². The van der Waals surface area contributed by atoms with Crippen LogP contribution in [0.15, 0.2) is 30.3 Å². The van der Waals surface area contributed by atoms with Crippen LogP contribution in [0.3, 0.4) is 0 Å². The molecule has 4 heteroatoms. The summed E-state index contributed by atoms with van der Waals surface area (Å²) in [5.74, 6) is 0.0737. The van der Waals surface area contributed by atoms with Crippen molar-refractivity contribution >= 4 is 5.91 Å². The van der Waals surface area contributed by atoms with Crippen molar-refractivity contribution in [1.82, 2.24) is 10.6 Å². The van der Waals surface area contributed by atoms with Gasteiger partial charge in [0.25, 0.3) is 0 Å². The zero-order valence-electron chi connectivity index (χ0n) is 13.9. The maximum atomic E-state index is 12.3. The molecule has 22 heavy (non-hydrogen) atoms. The quantitative estimate of drug-likeness (QED) is 0.876. The Hall–Kier alpha value is -1.39. The van der Waals surface area contributed by atoms with Crippen molar-refractivity contribution in [3.8, 4) is 0 Å². The topological polar surface area (TPSA) is 50.4 Å². The van der Waals surface area contributed by atoms with Gasteiger partial charge in [-0.2, -0.15) is 0 Å². The van der Waals surface area contributed by atoms with E-state index in [-0.39, 0.29) is 23.5 Å². The molecule has 0 saturated carbocycles. The second kappa shape index (κ2) is 7.75. The van der Waals surface area contributed by atoms with Crippen LogP contribution in [0, 0.1) is 5.41 Å². The molecule has 0 spiro atoms. The standard InChI is InChI=1S/C18H28N2O2/c1-18(2,3)16(11-14-7-5-4-6-8-14)20-17(21)12-15-13-19-9-10-22-15/h4-8,15-16,19H,9-13H2,1-3H3,(H,20,21)/t15-,16+/m1/s1. The number of nitrogens with one attached hydrogen (secondary N) is 2. The zero-order chi connectivity index (χ0) is 16.0. The number of ether oxygens (including phenoxy) is 1. The summed E-state index contributed by atoms with van der Waals surface area (Å²) in [4.78, 5) is 12.3. The van der Waals surface area contributed by atoms with Gasteiger partial charge < -0.3 is 15.4 Å². The second-order valence-corrected chi connectivity index (χ2v) is 7.08. The van der Waals surface area contributed by atoms with Gasteiger partial charge >= 0.3 is 0 Å². The number of morpholine rings is 1. The Balaban J connectivity index is 1.93. The van der Waals surface area contributed by atoms with Crippen molar-refractivity contribution in [2.24, 2.45) is 5.41 Å². The van der Waals surface area contributed by atoms with Gasteiger partial charge in [-0.15, -0.1) is 0 Å². The number of amides is 1. The van der Waals surface area contributed by atoms with Crippen molar-refractivity contribution in [1.29, 1.82) is 0 Å². The average Bonchev–Trinajstić information content (AvgIpc) is 2.48. The first-order chi connectivity index (χ1) is 10.4. The molecule has 0 radical (unpaired) electrons. The van der Waals surface area contributed by atoms with E-state index < -0.39 is 0 Å². The van der Waals surface area contributed by atoms with Gasteiger partial charge in [-0.05, 0) is 17.4 Å². The van der Waals surface area contributed by atoms with Gasteiger partial charge in [-0.3, -0.25) is 4.79 Å². The van der Waals surface area contributed by atoms with E-state index in [0.717, 1.165) is 19.5 Å². The Bertz CT molecular complexity index is 462. The van der Waals surface area contributed by atoms with Crippen molar-refractivity contribution in [3.63, 3.8) is 0 Å². The lowest BCUT2D eigenvalue weighted by Crippen LogP contribution is -2.48. The van der Waals surface area contributed by atoms with Crippen LogP contribution >= 0.6 is 0 Å². The smallest absolute Gasteiger partial charge is 0.222 e. The Morgan fingerprint density at radius 3 is 2.68 bits per heavy atom. The molecule has 1 amide bonds. The third kappa shape index (κ3) is 5.43. The van der Waals surface area contributed by atoms with E-state index in [2.05, 4.69) is 43.5 Å².